The number of nitrogens with one attached hydrogen (secondary N) is 1. The number of aromatic nitrogens is 1. The fourth-order valence-electron chi connectivity index (χ4n) is 2.56. The SMILES string of the molecule is O=C(Nc1nc(-c2cc3cc(Cl)ccc3o2)cs1)C1CCCO1. The van der Waals surface area contributed by atoms with E-state index in [0.29, 0.717) is 28.2 Å². The Morgan fingerprint density at radius 1 is 1.39 bits per heavy atom. The molecular formula is C16H13ClN2O3S. The molecule has 1 N–H and O–H groups in total. The smallest absolute Gasteiger partial charge is 0.255 e. The van der Waals surface area contributed by atoms with Gasteiger partial charge in [0.05, 0.1) is 0 Å². The zero-order chi connectivity index (χ0) is 15.8. The monoisotopic (exact) mass is 348 g/mol. The molecule has 3 heterocycles. The van der Waals surface area contributed by atoms with Crippen molar-refractivity contribution in [2.75, 3.05) is 11.9 Å². The van der Waals surface area contributed by atoms with Crippen molar-refractivity contribution in [2.24, 2.45) is 0 Å². The average Bonchev–Trinajstić information content (AvgIpc) is 3.26. The molecule has 0 saturated carbocycles. The van der Waals surface area contributed by atoms with Gasteiger partial charge in [-0.25, -0.2) is 4.98 Å². The van der Waals surface area contributed by atoms with E-state index >= 15 is 0 Å². The number of nitrogens with zero attached hydrogens (tertiary/aromatic N) is 1. The number of anilines is 1. The number of halogens is 1. The molecule has 0 spiro atoms. The highest BCUT2D eigenvalue weighted by Gasteiger charge is 2.24. The van der Waals surface area contributed by atoms with Crippen LogP contribution >= 0.6 is 22.9 Å². The zero-order valence-electron chi connectivity index (χ0n) is 12.0. The second kappa shape index (κ2) is 5.96. The summed E-state index contributed by atoms with van der Waals surface area (Å²) in [5.74, 6) is 0.510. The molecule has 0 aliphatic carbocycles. The number of hydrogen-bond donors (Lipinski definition) is 1. The highest BCUT2D eigenvalue weighted by atomic mass is 35.5. The number of rotatable bonds is 3. The van der Waals surface area contributed by atoms with Crippen LogP contribution in [-0.2, 0) is 9.53 Å². The van der Waals surface area contributed by atoms with Gasteiger partial charge >= 0.3 is 0 Å². The van der Waals surface area contributed by atoms with Crippen LogP contribution in [0.2, 0.25) is 5.02 Å². The van der Waals surface area contributed by atoms with Gasteiger partial charge in [-0.2, -0.15) is 0 Å². The van der Waals surface area contributed by atoms with E-state index in [9.17, 15) is 4.79 Å². The van der Waals surface area contributed by atoms with Gasteiger partial charge in [0.2, 0.25) is 0 Å². The lowest BCUT2D eigenvalue weighted by Crippen LogP contribution is -2.26. The van der Waals surface area contributed by atoms with Gasteiger partial charge in [-0.1, -0.05) is 11.6 Å². The fourth-order valence-corrected chi connectivity index (χ4v) is 3.44. The Hall–Kier alpha value is -1.89. The molecule has 1 saturated heterocycles. The van der Waals surface area contributed by atoms with Crippen LogP contribution in [-0.4, -0.2) is 23.6 Å². The normalized spacial score (nSPS) is 17.7. The second-order valence-corrected chi connectivity index (χ2v) is 6.62. The Morgan fingerprint density at radius 2 is 2.30 bits per heavy atom. The van der Waals surface area contributed by atoms with Crippen molar-refractivity contribution < 1.29 is 13.9 Å². The minimum absolute atomic E-state index is 0.139. The number of amides is 1. The molecule has 2 aromatic heterocycles. The fraction of sp³-hybridized carbons (Fsp3) is 0.250. The lowest BCUT2D eigenvalue weighted by Gasteiger charge is -2.07. The summed E-state index contributed by atoms with van der Waals surface area (Å²) < 4.78 is 11.1. The van der Waals surface area contributed by atoms with Crippen molar-refractivity contribution >= 4 is 44.9 Å². The first-order valence-electron chi connectivity index (χ1n) is 7.26. The summed E-state index contributed by atoms with van der Waals surface area (Å²) in [5, 5.41) is 6.77. The lowest BCUT2D eigenvalue weighted by molar-refractivity contribution is -0.124. The number of ether oxygens (including phenoxy) is 1. The summed E-state index contributed by atoms with van der Waals surface area (Å²) in [6.45, 7) is 0.642. The van der Waals surface area contributed by atoms with Gasteiger partial charge in [0.25, 0.3) is 5.91 Å². The second-order valence-electron chi connectivity index (χ2n) is 5.32. The van der Waals surface area contributed by atoms with E-state index in [4.69, 9.17) is 20.8 Å². The minimum Gasteiger partial charge on any atom is -0.454 e. The number of hydrogen-bond acceptors (Lipinski definition) is 5. The van der Waals surface area contributed by atoms with Gasteiger partial charge in [-0.3, -0.25) is 10.1 Å². The van der Waals surface area contributed by atoms with Crippen LogP contribution in [0.25, 0.3) is 22.4 Å². The van der Waals surface area contributed by atoms with E-state index < -0.39 is 0 Å². The molecule has 1 atom stereocenters. The molecule has 1 fully saturated rings. The Kier molecular flexibility index (Phi) is 3.80. The largest absolute Gasteiger partial charge is 0.454 e. The molecule has 1 unspecified atom stereocenters. The third kappa shape index (κ3) is 2.97. The molecule has 23 heavy (non-hydrogen) atoms. The highest BCUT2D eigenvalue weighted by molar-refractivity contribution is 7.14. The number of carbonyl (C=O) groups is 1. The van der Waals surface area contributed by atoms with Gasteiger partial charge < -0.3 is 9.15 Å². The van der Waals surface area contributed by atoms with E-state index in [1.54, 1.807) is 6.07 Å². The third-order valence-corrected chi connectivity index (χ3v) is 4.68. The van der Waals surface area contributed by atoms with Crippen LogP contribution in [0.3, 0.4) is 0 Å². The first kappa shape index (κ1) is 14.7. The summed E-state index contributed by atoms with van der Waals surface area (Å²) in [7, 11) is 0. The lowest BCUT2D eigenvalue weighted by atomic mass is 10.2. The van der Waals surface area contributed by atoms with Crippen LogP contribution in [0.1, 0.15) is 12.8 Å². The van der Waals surface area contributed by atoms with Crippen molar-refractivity contribution in [2.45, 2.75) is 18.9 Å². The highest BCUT2D eigenvalue weighted by Crippen LogP contribution is 2.31. The number of thiazole rings is 1. The quantitative estimate of drug-likeness (QED) is 0.765. The summed E-state index contributed by atoms with van der Waals surface area (Å²) in [4.78, 5) is 16.4. The van der Waals surface area contributed by atoms with E-state index in [0.717, 1.165) is 23.8 Å². The number of carbonyl (C=O) groups excluding carboxylic acids is 1. The molecule has 3 aromatic rings. The molecule has 0 radical (unpaired) electrons. The first-order chi connectivity index (χ1) is 11.2. The van der Waals surface area contributed by atoms with Crippen LogP contribution in [0.5, 0.6) is 0 Å². The third-order valence-electron chi connectivity index (χ3n) is 3.69. The van der Waals surface area contributed by atoms with Crippen molar-refractivity contribution in [3.05, 3.63) is 34.7 Å². The minimum atomic E-state index is -0.365. The van der Waals surface area contributed by atoms with Crippen molar-refractivity contribution in [3.8, 4) is 11.5 Å². The van der Waals surface area contributed by atoms with Crippen LogP contribution in [0, 0.1) is 0 Å². The van der Waals surface area contributed by atoms with E-state index in [1.165, 1.54) is 11.3 Å². The predicted molar refractivity (Wildman–Crippen MR) is 89.9 cm³/mol. The summed E-state index contributed by atoms with van der Waals surface area (Å²) in [5.41, 5.74) is 1.44. The van der Waals surface area contributed by atoms with Gasteiger partial charge in [-0.15, -0.1) is 11.3 Å². The molecule has 5 nitrogen and oxygen atoms in total. The van der Waals surface area contributed by atoms with E-state index in [2.05, 4.69) is 10.3 Å². The Bertz CT molecular complexity index is 867. The average molecular weight is 349 g/mol. The molecular weight excluding hydrogens is 336 g/mol. The molecule has 118 valence electrons. The maximum atomic E-state index is 12.0. The van der Waals surface area contributed by atoms with Gasteiger partial charge in [0, 0.05) is 22.4 Å². The number of furan rings is 1. The van der Waals surface area contributed by atoms with Gasteiger partial charge in [-0.05, 0) is 37.1 Å². The van der Waals surface area contributed by atoms with Crippen LogP contribution < -0.4 is 5.32 Å². The van der Waals surface area contributed by atoms with Crippen LogP contribution in [0.4, 0.5) is 5.13 Å². The topological polar surface area (TPSA) is 64.4 Å². The Morgan fingerprint density at radius 3 is 3.13 bits per heavy atom. The molecule has 4 rings (SSSR count). The van der Waals surface area contributed by atoms with Crippen molar-refractivity contribution in [3.63, 3.8) is 0 Å². The zero-order valence-corrected chi connectivity index (χ0v) is 13.6. The summed E-state index contributed by atoms with van der Waals surface area (Å²) in [6.07, 6.45) is 1.31. The summed E-state index contributed by atoms with van der Waals surface area (Å²) in [6, 6.07) is 7.34. The molecule has 1 aliphatic heterocycles. The van der Waals surface area contributed by atoms with Crippen molar-refractivity contribution in [1.29, 1.82) is 0 Å². The first-order valence-corrected chi connectivity index (χ1v) is 8.52. The Labute approximate surface area is 141 Å². The molecule has 1 aromatic carbocycles. The number of fused-ring (bicyclic) bond motifs is 1. The summed E-state index contributed by atoms with van der Waals surface area (Å²) >= 11 is 7.34. The Balaban J connectivity index is 1.55. The standard InChI is InChI=1S/C16H13ClN2O3S/c17-10-3-4-12-9(6-10)7-14(22-12)11-8-23-16(18-11)19-15(20)13-2-1-5-21-13/h3-4,6-8,13H,1-2,5H2,(H,18,19,20). The van der Waals surface area contributed by atoms with E-state index in [-0.39, 0.29) is 12.0 Å². The molecule has 0 bridgehead atoms. The maximum Gasteiger partial charge on any atom is 0.255 e. The molecule has 1 amide bonds. The van der Waals surface area contributed by atoms with E-state index in [1.807, 2.05) is 23.6 Å². The maximum absolute atomic E-state index is 12.0. The molecule has 7 heteroatoms. The van der Waals surface area contributed by atoms with Crippen molar-refractivity contribution in [1.82, 2.24) is 4.98 Å². The molecule has 1 aliphatic rings. The van der Waals surface area contributed by atoms with Gasteiger partial charge in [0.15, 0.2) is 10.9 Å². The predicted octanol–water partition coefficient (Wildman–Crippen LogP) is 4.33. The van der Waals surface area contributed by atoms with Gasteiger partial charge in [0.1, 0.15) is 17.4 Å². The number of benzene rings is 1. The van der Waals surface area contributed by atoms with Crippen LogP contribution in [0.15, 0.2) is 34.1 Å².